The Kier molecular flexibility index (Phi) is 4.54. The second-order valence-electron chi connectivity index (χ2n) is 5.66. The lowest BCUT2D eigenvalue weighted by atomic mass is 10.0. The van der Waals surface area contributed by atoms with E-state index in [1.807, 2.05) is 38.5 Å². The predicted octanol–water partition coefficient (Wildman–Crippen LogP) is 2.65. The smallest absolute Gasteiger partial charge is 0.303 e. The average Bonchev–Trinajstić information content (AvgIpc) is 2.44. The van der Waals surface area contributed by atoms with Crippen LogP contribution in [0.15, 0.2) is 23.0 Å². The van der Waals surface area contributed by atoms with Gasteiger partial charge < -0.3 is 14.4 Å². The van der Waals surface area contributed by atoms with Gasteiger partial charge in [0.25, 0.3) is 0 Å². The molecule has 0 unspecified atom stereocenters. The molecule has 22 heavy (non-hydrogen) atoms. The molecule has 5 nitrogen and oxygen atoms in total. The lowest BCUT2D eigenvalue weighted by Gasteiger charge is -2.18. The van der Waals surface area contributed by atoms with Crippen molar-refractivity contribution in [2.24, 2.45) is 7.05 Å². The van der Waals surface area contributed by atoms with Crippen LogP contribution in [0.3, 0.4) is 0 Å². The van der Waals surface area contributed by atoms with Crippen LogP contribution >= 0.6 is 0 Å². The highest BCUT2D eigenvalue weighted by atomic mass is 16.5. The molecule has 1 aromatic heterocycles. The number of aromatic nitrogens is 1. The fourth-order valence-electron chi connectivity index (χ4n) is 2.62. The van der Waals surface area contributed by atoms with Gasteiger partial charge in [0.2, 0.25) is 0 Å². The van der Waals surface area contributed by atoms with Gasteiger partial charge in [0.05, 0.1) is 11.6 Å². The molecule has 0 saturated heterocycles. The van der Waals surface area contributed by atoms with Crippen LogP contribution in [-0.2, 0) is 18.3 Å². The third-order valence-electron chi connectivity index (χ3n) is 3.74. The van der Waals surface area contributed by atoms with Gasteiger partial charge in [-0.05, 0) is 39.3 Å². The summed E-state index contributed by atoms with van der Waals surface area (Å²) in [5.74, 6) is -0.238. The Hall–Kier alpha value is -2.30. The number of carboxylic acid groups (broad SMARTS) is 1. The normalized spacial score (nSPS) is 11.1. The van der Waals surface area contributed by atoms with Gasteiger partial charge in [-0.2, -0.15) is 0 Å². The molecule has 0 aliphatic rings. The Morgan fingerprint density at radius 2 is 2.05 bits per heavy atom. The number of aryl methyl sites for hydroxylation is 1. The van der Waals surface area contributed by atoms with Crippen molar-refractivity contribution in [1.29, 1.82) is 0 Å². The van der Waals surface area contributed by atoms with E-state index in [0.717, 1.165) is 11.2 Å². The molecule has 0 amide bonds. The quantitative estimate of drug-likeness (QED) is 0.922. The Balaban J connectivity index is 2.69. The number of pyridine rings is 1. The van der Waals surface area contributed by atoms with E-state index >= 15 is 0 Å². The van der Waals surface area contributed by atoms with Crippen molar-refractivity contribution in [3.63, 3.8) is 0 Å². The molecule has 0 bridgehead atoms. The Bertz CT molecular complexity index is 774. The number of aliphatic carboxylic acids is 1. The maximum Gasteiger partial charge on any atom is 0.303 e. The molecule has 1 N–H and O–H groups in total. The SMILES string of the molecule is Cc1c(CCC(=O)O)c(=O)c2cccc(OC(C)C)c2n1C. The van der Waals surface area contributed by atoms with E-state index in [4.69, 9.17) is 9.84 Å². The number of benzene rings is 1. The molecule has 2 rings (SSSR count). The Morgan fingerprint density at radius 3 is 2.64 bits per heavy atom. The third kappa shape index (κ3) is 2.98. The molecule has 0 radical (unpaired) electrons. The molecule has 0 aliphatic heterocycles. The van der Waals surface area contributed by atoms with Crippen LogP contribution < -0.4 is 10.2 Å². The molecule has 0 saturated carbocycles. The summed E-state index contributed by atoms with van der Waals surface area (Å²) in [6.07, 6.45) is 0.190. The summed E-state index contributed by atoms with van der Waals surface area (Å²) in [5.41, 5.74) is 1.97. The number of para-hydroxylation sites is 1. The van der Waals surface area contributed by atoms with Gasteiger partial charge >= 0.3 is 5.97 Å². The van der Waals surface area contributed by atoms with Crippen LogP contribution in [0.5, 0.6) is 5.75 Å². The monoisotopic (exact) mass is 303 g/mol. The Labute approximate surface area is 129 Å². The van der Waals surface area contributed by atoms with Crippen LogP contribution in [-0.4, -0.2) is 21.7 Å². The van der Waals surface area contributed by atoms with E-state index in [1.54, 1.807) is 12.1 Å². The first-order chi connectivity index (χ1) is 10.3. The fraction of sp³-hybridized carbons (Fsp3) is 0.412. The number of fused-ring (bicyclic) bond motifs is 1. The van der Waals surface area contributed by atoms with Crippen LogP contribution in [0.25, 0.3) is 10.9 Å². The number of hydrogen-bond donors (Lipinski definition) is 1. The predicted molar refractivity (Wildman–Crippen MR) is 85.6 cm³/mol. The maximum absolute atomic E-state index is 12.7. The zero-order valence-electron chi connectivity index (χ0n) is 13.3. The first-order valence-electron chi connectivity index (χ1n) is 7.32. The first-order valence-corrected chi connectivity index (χ1v) is 7.32. The summed E-state index contributed by atoms with van der Waals surface area (Å²) in [4.78, 5) is 23.5. The van der Waals surface area contributed by atoms with Gasteiger partial charge in [-0.25, -0.2) is 0 Å². The van der Waals surface area contributed by atoms with Gasteiger partial charge in [0, 0.05) is 30.1 Å². The molecule has 1 aromatic carbocycles. The van der Waals surface area contributed by atoms with Crippen LogP contribution in [0.2, 0.25) is 0 Å². The van der Waals surface area contributed by atoms with Crippen LogP contribution in [0, 0.1) is 6.92 Å². The zero-order valence-corrected chi connectivity index (χ0v) is 13.3. The van der Waals surface area contributed by atoms with Crippen molar-refractivity contribution >= 4 is 16.9 Å². The lowest BCUT2D eigenvalue weighted by Crippen LogP contribution is -2.19. The minimum atomic E-state index is -0.904. The van der Waals surface area contributed by atoms with Gasteiger partial charge in [-0.1, -0.05) is 6.07 Å². The molecule has 1 heterocycles. The number of ether oxygens (including phenoxy) is 1. The summed E-state index contributed by atoms with van der Waals surface area (Å²) < 4.78 is 7.71. The summed E-state index contributed by atoms with van der Waals surface area (Å²) in [6.45, 7) is 5.71. The molecule has 118 valence electrons. The number of rotatable bonds is 5. The zero-order chi connectivity index (χ0) is 16.4. The standard InChI is InChI=1S/C17H21NO4/c1-10(2)22-14-7-5-6-13-16(14)18(4)11(3)12(17(13)21)8-9-15(19)20/h5-7,10H,8-9H2,1-4H3,(H,19,20). The van der Waals surface area contributed by atoms with Crippen molar-refractivity contribution < 1.29 is 14.6 Å². The summed E-state index contributed by atoms with van der Waals surface area (Å²) >= 11 is 0. The first kappa shape index (κ1) is 16.1. The summed E-state index contributed by atoms with van der Waals surface area (Å²) in [7, 11) is 1.87. The molecule has 0 aliphatic carbocycles. The second kappa shape index (κ2) is 6.22. The minimum Gasteiger partial charge on any atom is -0.489 e. The molecule has 0 fully saturated rings. The van der Waals surface area contributed by atoms with Crippen molar-refractivity contribution in [3.05, 3.63) is 39.7 Å². The maximum atomic E-state index is 12.7. The van der Waals surface area contributed by atoms with E-state index in [2.05, 4.69) is 0 Å². The average molecular weight is 303 g/mol. The lowest BCUT2D eigenvalue weighted by molar-refractivity contribution is -0.136. The van der Waals surface area contributed by atoms with Crippen LogP contribution in [0.4, 0.5) is 0 Å². The highest BCUT2D eigenvalue weighted by Crippen LogP contribution is 2.26. The van der Waals surface area contributed by atoms with Gasteiger partial charge in [0.1, 0.15) is 5.75 Å². The molecule has 2 aromatic rings. The largest absolute Gasteiger partial charge is 0.489 e. The van der Waals surface area contributed by atoms with Gasteiger partial charge in [0.15, 0.2) is 5.43 Å². The van der Waals surface area contributed by atoms with E-state index in [9.17, 15) is 9.59 Å². The highest BCUT2D eigenvalue weighted by Gasteiger charge is 2.16. The molecule has 5 heteroatoms. The molecular weight excluding hydrogens is 282 g/mol. The minimum absolute atomic E-state index is 0.00713. The summed E-state index contributed by atoms with van der Waals surface area (Å²) in [6, 6.07) is 5.39. The van der Waals surface area contributed by atoms with Gasteiger partial charge in [-0.3, -0.25) is 9.59 Å². The Morgan fingerprint density at radius 1 is 1.36 bits per heavy atom. The summed E-state index contributed by atoms with van der Waals surface area (Å²) in [5, 5.41) is 9.42. The second-order valence-corrected chi connectivity index (χ2v) is 5.66. The number of hydrogen-bond acceptors (Lipinski definition) is 3. The van der Waals surface area contributed by atoms with Crippen molar-refractivity contribution in [2.75, 3.05) is 0 Å². The van der Waals surface area contributed by atoms with Crippen LogP contribution in [0.1, 0.15) is 31.5 Å². The van der Waals surface area contributed by atoms with Crippen molar-refractivity contribution in [1.82, 2.24) is 4.57 Å². The van der Waals surface area contributed by atoms with Gasteiger partial charge in [-0.15, -0.1) is 0 Å². The van der Waals surface area contributed by atoms with E-state index in [1.165, 1.54) is 0 Å². The van der Waals surface area contributed by atoms with Crippen molar-refractivity contribution in [2.45, 2.75) is 39.7 Å². The van der Waals surface area contributed by atoms with Crippen molar-refractivity contribution in [3.8, 4) is 5.75 Å². The number of nitrogens with zero attached hydrogens (tertiary/aromatic N) is 1. The third-order valence-corrected chi connectivity index (χ3v) is 3.74. The number of carboxylic acids is 1. The van der Waals surface area contributed by atoms with E-state index in [0.29, 0.717) is 16.7 Å². The molecule has 0 spiro atoms. The molecule has 0 atom stereocenters. The fourth-order valence-corrected chi connectivity index (χ4v) is 2.62. The van der Waals surface area contributed by atoms with E-state index < -0.39 is 5.97 Å². The number of carbonyl (C=O) groups is 1. The molecular formula is C17H21NO4. The van der Waals surface area contributed by atoms with E-state index in [-0.39, 0.29) is 24.4 Å². The topological polar surface area (TPSA) is 68.5 Å². The highest BCUT2D eigenvalue weighted by molar-refractivity contribution is 5.86.